The Balaban J connectivity index is 1.44. The van der Waals surface area contributed by atoms with Crippen molar-refractivity contribution in [3.05, 3.63) is 62.4 Å². The number of fused-ring (bicyclic) bond motifs is 2. The van der Waals surface area contributed by atoms with E-state index >= 15 is 0 Å². The molecular formula is C20H16BrFN4O6. The number of carbonyl (C=O) groups excluding carboxylic acids is 3. The van der Waals surface area contributed by atoms with Gasteiger partial charge in [-0.15, -0.1) is 0 Å². The number of rotatable bonds is 4. The molecule has 3 amide bonds. The van der Waals surface area contributed by atoms with E-state index in [1.807, 2.05) is 0 Å². The zero-order chi connectivity index (χ0) is 23.0. The Labute approximate surface area is 189 Å². The summed E-state index contributed by atoms with van der Waals surface area (Å²) in [4.78, 5) is 51.1. The summed E-state index contributed by atoms with van der Waals surface area (Å²) in [6.07, 6.45) is 0. The molecule has 2 aromatic rings. The monoisotopic (exact) mass is 506 g/mol. The van der Waals surface area contributed by atoms with Crippen molar-refractivity contribution in [2.45, 2.75) is 6.04 Å². The normalized spacial score (nSPS) is 17.8. The molecule has 0 aromatic heterocycles. The third kappa shape index (κ3) is 4.13. The summed E-state index contributed by atoms with van der Waals surface area (Å²) in [5.74, 6) is -2.24. The topological polar surface area (TPSA) is 122 Å². The maximum atomic E-state index is 13.4. The number of hydrogen-bond acceptors (Lipinski definition) is 6. The lowest BCUT2D eigenvalue weighted by Crippen LogP contribution is -2.60. The number of nitrogens with one attached hydrogen (secondary N) is 1. The van der Waals surface area contributed by atoms with Crippen LogP contribution in [0, 0.1) is 15.9 Å². The van der Waals surface area contributed by atoms with E-state index in [9.17, 15) is 28.9 Å². The molecule has 0 bridgehead atoms. The molecule has 0 aliphatic carbocycles. The highest BCUT2D eigenvalue weighted by atomic mass is 79.9. The van der Waals surface area contributed by atoms with Crippen molar-refractivity contribution >= 4 is 45.0 Å². The second-order valence-electron chi connectivity index (χ2n) is 7.19. The molecule has 1 saturated heterocycles. The molecule has 12 heteroatoms. The number of amides is 3. The van der Waals surface area contributed by atoms with Gasteiger partial charge in [-0.05, 0) is 30.3 Å². The summed E-state index contributed by atoms with van der Waals surface area (Å²) >= 11 is 3.32. The minimum absolute atomic E-state index is 0.0293. The Bertz CT molecular complexity index is 1140. The van der Waals surface area contributed by atoms with Crippen LogP contribution >= 0.6 is 15.9 Å². The lowest BCUT2D eigenvalue weighted by molar-refractivity contribution is -0.387. The van der Waals surface area contributed by atoms with E-state index in [1.165, 1.54) is 15.9 Å². The average molecular weight is 507 g/mol. The molecule has 1 atom stereocenters. The van der Waals surface area contributed by atoms with Crippen molar-refractivity contribution < 1.29 is 28.4 Å². The van der Waals surface area contributed by atoms with Gasteiger partial charge in [0.2, 0.25) is 11.7 Å². The average Bonchev–Trinajstić information content (AvgIpc) is 2.87. The fraction of sp³-hybridized carbons (Fsp3) is 0.250. The Morgan fingerprint density at radius 2 is 2.03 bits per heavy atom. The number of carbonyl (C=O) groups is 3. The van der Waals surface area contributed by atoms with Crippen molar-refractivity contribution in [2.75, 3.05) is 31.6 Å². The molecular weight excluding hydrogens is 491 g/mol. The largest absolute Gasteiger partial charge is 0.484 e. The lowest BCUT2D eigenvalue weighted by Gasteiger charge is -2.39. The zero-order valence-electron chi connectivity index (χ0n) is 16.4. The highest BCUT2D eigenvalue weighted by Crippen LogP contribution is 2.28. The Morgan fingerprint density at radius 3 is 2.78 bits per heavy atom. The molecule has 32 heavy (non-hydrogen) atoms. The summed E-state index contributed by atoms with van der Waals surface area (Å²) in [6.45, 7) is -0.155. The molecule has 0 radical (unpaired) electrons. The van der Waals surface area contributed by atoms with Crippen molar-refractivity contribution in [3.63, 3.8) is 0 Å². The second kappa shape index (κ2) is 8.54. The molecule has 2 heterocycles. The first-order valence-electron chi connectivity index (χ1n) is 9.50. The standard InChI is InChI=1S/C20H16BrFN4O6/c21-11-1-4-15-13(7-11)20(29)25-6-5-24(9-17(25)19(28)23-15)18(27)10-32-12-2-3-14(22)16(8-12)26(30)31/h1-4,7-8,17H,5-6,9-10H2,(H,23,28). The van der Waals surface area contributed by atoms with E-state index in [0.717, 1.165) is 12.1 Å². The number of hydrogen-bond donors (Lipinski definition) is 1. The maximum Gasteiger partial charge on any atom is 0.308 e. The molecule has 0 spiro atoms. The first kappa shape index (κ1) is 21.7. The van der Waals surface area contributed by atoms with Crippen LogP contribution in [0.1, 0.15) is 10.4 Å². The number of halogens is 2. The van der Waals surface area contributed by atoms with E-state index in [0.29, 0.717) is 15.7 Å². The molecule has 0 saturated carbocycles. The van der Waals surface area contributed by atoms with Gasteiger partial charge in [-0.1, -0.05) is 15.9 Å². The number of piperazine rings is 1. The van der Waals surface area contributed by atoms with Crippen LogP contribution in [-0.2, 0) is 9.59 Å². The minimum atomic E-state index is -1.01. The van der Waals surface area contributed by atoms with E-state index in [2.05, 4.69) is 21.2 Å². The van der Waals surface area contributed by atoms with Crippen molar-refractivity contribution in [2.24, 2.45) is 0 Å². The Morgan fingerprint density at radius 1 is 1.25 bits per heavy atom. The molecule has 2 aromatic carbocycles. The van der Waals surface area contributed by atoms with E-state index < -0.39 is 40.9 Å². The van der Waals surface area contributed by atoms with Gasteiger partial charge in [0.1, 0.15) is 11.8 Å². The van der Waals surface area contributed by atoms with Crippen LogP contribution in [0.2, 0.25) is 0 Å². The fourth-order valence-corrected chi connectivity index (χ4v) is 3.97. The zero-order valence-corrected chi connectivity index (χ0v) is 18.0. The van der Waals surface area contributed by atoms with E-state index in [4.69, 9.17) is 4.74 Å². The van der Waals surface area contributed by atoms with Crippen LogP contribution in [0.15, 0.2) is 40.9 Å². The smallest absolute Gasteiger partial charge is 0.308 e. The second-order valence-corrected chi connectivity index (χ2v) is 8.11. The molecule has 2 aliphatic heterocycles. The Kier molecular flexibility index (Phi) is 5.78. The van der Waals surface area contributed by atoms with Gasteiger partial charge in [0.25, 0.3) is 11.8 Å². The number of ether oxygens (including phenoxy) is 1. The van der Waals surface area contributed by atoms with Crippen LogP contribution in [0.3, 0.4) is 0 Å². The summed E-state index contributed by atoms with van der Waals surface area (Å²) < 4.78 is 19.4. The third-order valence-electron chi connectivity index (χ3n) is 5.24. The van der Waals surface area contributed by atoms with Crippen molar-refractivity contribution in [3.8, 4) is 5.75 Å². The third-order valence-corrected chi connectivity index (χ3v) is 5.74. The van der Waals surface area contributed by atoms with Gasteiger partial charge in [0, 0.05) is 17.6 Å². The van der Waals surface area contributed by atoms with E-state index in [-0.39, 0.29) is 31.3 Å². The van der Waals surface area contributed by atoms with Gasteiger partial charge in [-0.25, -0.2) is 0 Å². The molecule has 166 valence electrons. The van der Waals surface area contributed by atoms with Crippen LogP contribution < -0.4 is 10.1 Å². The van der Waals surface area contributed by atoms with Crippen molar-refractivity contribution in [1.29, 1.82) is 0 Å². The lowest BCUT2D eigenvalue weighted by atomic mass is 10.1. The molecule has 1 N–H and O–H groups in total. The molecule has 1 fully saturated rings. The van der Waals surface area contributed by atoms with Crippen LogP contribution in [0.4, 0.5) is 15.8 Å². The van der Waals surface area contributed by atoms with Gasteiger partial charge in [-0.2, -0.15) is 4.39 Å². The molecule has 1 unspecified atom stereocenters. The first-order chi connectivity index (χ1) is 15.2. The number of nitro groups is 1. The number of nitrogens with zero attached hydrogens (tertiary/aromatic N) is 3. The Hall–Kier alpha value is -3.54. The number of nitro benzene ring substituents is 1. The fourth-order valence-electron chi connectivity index (χ4n) is 3.61. The van der Waals surface area contributed by atoms with Crippen LogP contribution in [0.5, 0.6) is 5.75 Å². The van der Waals surface area contributed by atoms with E-state index in [1.54, 1.807) is 18.2 Å². The summed E-state index contributed by atoms with van der Waals surface area (Å²) in [5, 5.41) is 13.6. The van der Waals surface area contributed by atoms with Crippen LogP contribution in [-0.4, -0.2) is 64.7 Å². The van der Waals surface area contributed by atoms with Gasteiger partial charge >= 0.3 is 5.69 Å². The molecule has 2 aliphatic rings. The number of anilines is 1. The highest BCUT2D eigenvalue weighted by Gasteiger charge is 2.40. The predicted molar refractivity (Wildman–Crippen MR) is 113 cm³/mol. The SMILES string of the molecule is O=C1Nc2ccc(Br)cc2C(=O)N2CCN(C(=O)COc3ccc(F)c([N+](=O)[O-])c3)CC12. The summed E-state index contributed by atoms with van der Waals surface area (Å²) in [7, 11) is 0. The number of benzene rings is 2. The summed E-state index contributed by atoms with van der Waals surface area (Å²) in [5.41, 5.74) is -0.00337. The summed E-state index contributed by atoms with van der Waals surface area (Å²) in [6, 6.07) is 7.06. The van der Waals surface area contributed by atoms with Crippen LogP contribution in [0.25, 0.3) is 0 Å². The minimum Gasteiger partial charge on any atom is -0.484 e. The first-order valence-corrected chi connectivity index (χ1v) is 10.3. The van der Waals surface area contributed by atoms with Gasteiger partial charge < -0.3 is 19.9 Å². The van der Waals surface area contributed by atoms with Gasteiger partial charge in [0.15, 0.2) is 6.61 Å². The highest BCUT2D eigenvalue weighted by molar-refractivity contribution is 9.10. The molecule has 10 nitrogen and oxygen atoms in total. The predicted octanol–water partition coefficient (Wildman–Crippen LogP) is 2.18. The van der Waals surface area contributed by atoms with Gasteiger partial charge in [0.05, 0.1) is 28.8 Å². The maximum absolute atomic E-state index is 13.4. The quantitative estimate of drug-likeness (QED) is 0.500. The van der Waals surface area contributed by atoms with Crippen molar-refractivity contribution in [1.82, 2.24) is 9.80 Å². The van der Waals surface area contributed by atoms with Gasteiger partial charge in [-0.3, -0.25) is 24.5 Å². The molecule has 4 rings (SSSR count).